The van der Waals surface area contributed by atoms with Crippen molar-refractivity contribution < 1.29 is 9.53 Å². The van der Waals surface area contributed by atoms with E-state index in [4.69, 9.17) is 4.74 Å². The monoisotopic (exact) mass is 368 g/mol. The number of rotatable bonds is 5. The molecule has 0 saturated carbocycles. The van der Waals surface area contributed by atoms with E-state index >= 15 is 0 Å². The summed E-state index contributed by atoms with van der Waals surface area (Å²) in [5.41, 5.74) is 3.03. The van der Waals surface area contributed by atoms with Gasteiger partial charge in [-0.1, -0.05) is 25.1 Å². The van der Waals surface area contributed by atoms with E-state index in [0.717, 1.165) is 42.9 Å². The van der Waals surface area contributed by atoms with E-state index in [-0.39, 0.29) is 16.8 Å². The van der Waals surface area contributed by atoms with Gasteiger partial charge >= 0.3 is 0 Å². The maximum atomic E-state index is 12.6. The molecule has 4 nitrogen and oxygen atoms in total. The fourth-order valence-electron chi connectivity index (χ4n) is 3.68. The van der Waals surface area contributed by atoms with Crippen LogP contribution in [-0.4, -0.2) is 45.5 Å². The average molecular weight is 369 g/mol. The highest BCUT2D eigenvalue weighted by molar-refractivity contribution is 8.01. The van der Waals surface area contributed by atoms with E-state index in [0.29, 0.717) is 6.61 Å². The molecule has 0 N–H and O–H groups in total. The normalized spacial score (nSPS) is 21.0. The van der Waals surface area contributed by atoms with Crippen LogP contribution in [0, 0.1) is 0 Å². The predicted octanol–water partition coefficient (Wildman–Crippen LogP) is 3.56. The van der Waals surface area contributed by atoms with Gasteiger partial charge in [-0.05, 0) is 42.7 Å². The van der Waals surface area contributed by atoms with Gasteiger partial charge in [-0.15, -0.1) is 11.8 Å². The molecule has 136 valence electrons. The maximum absolute atomic E-state index is 12.6. The molecular formula is C21H24N2O2S. The van der Waals surface area contributed by atoms with E-state index in [1.807, 2.05) is 47.0 Å². The molecule has 2 aliphatic rings. The first-order chi connectivity index (χ1) is 12.7. The summed E-state index contributed by atoms with van der Waals surface area (Å²) in [5.74, 6) is 1.15. The van der Waals surface area contributed by atoms with Gasteiger partial charge < -0.3 is 9.64 Å². The van der Waals surface area contributed by atoms with Gasteiger partial charge in [-0.2, -0.15) is 0 Å². The van der Waals surface area contributed by atoms with Gasteiger partial charge in [-0.3, -0.25) is 9.78 Å². The molecule has 2 saturated heterocycles. The Labute approximate surface area is 159 Å². The highest BCUT2D eigenvalue weighted by Gasteiger charge is 2.50. The SMILES string of the molecule is CCc1ccc(C(=O)N2CC3(CC(OCc4ccccn4)CS3)C2)cc1. The van der Waals surface area contributed by atoms with Crippen LogP contribution in [0.15, 0.2) is 48.7 Å². The zero-order valence-electron chi connectivity index (χ0n) is 15.1. The predicted molar refractivity (Wildman–Crippen MR) is 104 cm³/mol. The van der Waals surface area contributed by atoms with E-state index in [1.54, 1.807) is 6.20 Å². The number of hydrogen-bond donors (Lipinski definition) is 0. The minimum Gasteiger partial charge on any atom is -0.371 e. The lowest BCUT2D eigenvalue weighted by Crippen LogP contribution is -2.60. The van der Waals surface area contributed by atoms with Crippen molar-refractivity contribution in [2.75, 3.05) is 18.8 Å². The standard InChI is InChI=1S/C21H24N2O2S/c1-2-16-6-8-17(9-7-16)20(24)23-14-21(15-23)11-19(13-26-21)25-12-18-5-3-4-10-22-18/h3-10,19H,2,11-15H2,1H3. The second-order valence-electron chi connectivity index (χ2n) is 7.16. The molecule has 0 aliphatic carbocycles. The number of nitrogens with zero attached hydrogens (tertiary/aromatic N) is 2. The lowest BCUT2D eigenvalue weighted by molar-refractivity contribution is 0.0245. The van der Waals surface area contributed by atoms with Crippen LogP contribution in [0.1, 0.15) is 35.0 Å². The first-order valence-corrected chi connectivity index (χ1v) is 10.2. The summed E-state index contributed by atoms with van der Waals surface area (Å²) in [7, 11) is 0. The molecule has 1 amide bonds. The van der Waals surface area contributed by atoms with Gasteiger partial charge in [0.2, 0.25) is 0 Å². The molecule has 0 radical (unpaired) electrons. The Kier molecular flexibility index (Phi) is 5.00. The topological polar surface area (TPSA) is 42.4 Å². The quantitative estimate of drug-likeness (QED) is 0.809. The maximum Gasteiger partial charge on any atom is 0.253 e. The summed E-state index contributed by atoms with van der Waals surface area (Å²) in [6.45, 7) is 4.35. The number of pyridine rings is 1. The molecule has 1 spiro atoms. The minimum atomic E-state index is 0.150. The summed E-state index contributed by atoms with van der Waals surface area (Å²) in [6.07, 6.45) is 4.07. The third-order valence-corrected chi connectivity index (χ3v) is 6.80. The number of aryl methyl sites for hydroxylation is 1. The van der Waals surface area contributed by atoms with Crippen LogP contribution < -0.4 is 0 Å². The van der Waals surface area contributed by atoms with Crippen LogP contribution in [0.2, 0.25) is 0 Å². The number of carbonyl (C=O) groups excluding carboxylic acids is 1. The first-order valence-electron chi connectivity index (χ1n) is 9.21. The van der Waals surface area contributed by atoms with Crippen molar-refractivity contribution in [1.82, 2.24) is 9.88 Å². The van der Waals surface area contributed by atoms with Gasteiger partial charge in [0.15, 0.2) is 0 Å². The number of likely N-dealkylation sites (tertiary alicyclic amines) is 1. The number of hydrogen-bond acceptors (Lipinski definition) is 4. The van der Waals surface area contributed by atoms with Crippen molar-refractivity contribution in [3.05, 3.63) is 65.5 Å². The van der Waals surface area contributed by atoms with E-state index < -0.39 is 0 Å². The molecule has 2 aliphatic heterocycles. The molecule has 4 rings (SSSR count). The Hall–Kier alpha value is -1.85. The molecular weight excluding hydrogens is 344 g/mol. The Morgan fingerprint density at radius 3 is 2.77 bits per heavy atom. The second-order valence-corrected chi connectivity index (χ2v) is 8.65. The van der Waals surface area contributed by atoms with Crippen LogP contribution in [0.5, 0.6) is 0 Å². The van der Waals surface area contributed by atoms with Gasteiger partial charge in [0.05, 0.1) is 23.2 Å². The smallest absolute Gasteiger partial charge is 0.253 e. The molecule has 1 aromatic heterocycles. The third kappa shape index (κ3) is 3.64. The second kappa shape index (κ2) is 7.41. The molecule has 0 bridgehead atoms. The largest absolute Gasteiger partial charge is 0.371 e. The number of aromatic nitrogens is 1. The summed E-state index contributed by atoms with van der Waals surface area (Å²) >= 11 is 1.96. The van der Waals surface area contributed by atoms with Gasteiger partial charge in [0, 0.05) is 30.6 Å². The number of benzene rings is 1. The molecule has 1 unspecified atom stereocenters. The molecule has 3 heterocycles. The highest BCUT2D eigenvalue weighted by atomic mass is 32.2. The zero-order chi connectivity index (χ0) is 18.0. The Morgan fingerprint density at radius 2 is 2.08 bits per heavy atom. The van der Waals surface area contributed by atoms with Gasteiger partial charge in [0.25, 0.3) is 5.91 Å². The number of thioether (sulfide) groups is 1. The van der Waals surface area contributed by atoms with Crippen LogP contribution in [-0.2, 0) is 17.8 Å². The fourth-order valence-corrected chi connectivity index (χ4v) is 5.23. The van der Waals surface area contributed by atoms with Gasteiger partial charge in [-0.25, -0.2) is 0 Å². The highest BCUT2D eigenvalue weighted by Crippen LogP contribution is 2.46. The summed E-state index contributed by atoms with van der Waals surface area (Å²) < 4.78 is 6.23. The minimum absolute atomic E-state index is 0.150. The van der Waals surface area contributed by atoms with Crippen molar-refractivity contribution in [3.63, 3.8) is 0 Å². The fraction of sp³-hybridized carbons (Fsp3) is 0.429. The molecule has 26 heavy (non-hydrogen) atoms. The molecule has 2 aromatic rings. The van der Waals surface area contributed by atoms with E-state index in [9.17, 15) is 4.79 Å². The molecule has 1 atom stereocenters. The van der Waals surface area contributed by atoms with Crippen molar-refractivity contribution in [2.45, 2.75) is 37.2 Å². The van der Waals surface area contributed by atoms with Crippen LogP contribution >= 0.6 is 11.8 Å². The summed E-state index contributed by atoms with van der Waals surface area (Å²) in [5, 5.41) is 0. The number of carbonyl (C=O) groups is 1. The van der Waals surface area contributed by atoms with Gasteiger partial charge in [0.1, 0.15) is 0 Å². The Morgan fingerprint density at radius 1 is 1.27 bits per heavy atom. The van der Waals surface area contributed by atoms with Crippen LogP contribution in [0.4, 0.5) is 0 Å². The van der Waals surface area contributed by atoms with Crippen LogP contribution in [0.3, 0.4) is 0 Å². The van der Waals surface area contributed by atoms with Crippen molar-refractivity contribution >= 4 is 17.7 Å². The Balaban J connectivity index is 1.28. The summed E-state index contributed by atoms with van der Waals surface area (Å²) in [6, 6.07) is 13.9. The summed E-state index contributed by atoms with van der Waals surface area (Å²) in [4.78, 5) is 18.9. The third-order valence-electron chi connectivity index (χ3n) is 5.22. The number of amides is 1. The lowest BCUT2D eigenvalue weighted by Gasteiger charge is -2.47. The zero-order valence-corrected chi connectivity index (χ0v) is 15.9. The molecule has 2 fully saturated rings. The number of ether oxygens (including phenoxy) is 1. The molecule has 1 aromatic carbocycles. The van der Waals surface area contributed by atoms with E-state index in [2.05, 4.69) is 24.0 Å². The van der Waals surface area contributed by atoms with E-state index in [1.165, 1.54) is 5.56 Å². The Bertz CT molecular complexity index is 757. The van der Waals surface area contributed by atoms with Crippen molar-refractivity contribution in [1.29, 1.82) is 0 Å². The van der Waals surface area contributed by atoms with Crippen molar-refractivity contribution in [2.24, 2.45) is 0 Å². The molecule has 5 heteroatoms. The average Bonchev–Trinajstić information content (AvgIpc) is 3.10. The van der Waals surface area contributed by atoms with Crippen LogP contribution in [0.25, 0.3) is 0 Å². The van der Waals surface area contributed by atoms with Crippen molar-refractivity contribution in [3.8, 4) is 0 Å². The first kappa shape index (κ1) is 17.6. The lowest BCUT2D eigenvalue weighted by atomic mass is 9.92.